The van der Waals surface area contributed by atoms with E-state index in [9.17, 15) is 4.79 Å². The Morgan fingerprint density at radius 2 is 1.91 bits per heavy atom. The number of nitrogens with zero attached hydrogens (tertiary/aromatic N) is 2. The van der Waals surface area contributed by atoms with E-state index in [1.165, 1.54) is 32.1 Å². The first kappa shape index (κ1) is 17.3. The van der Waals surface area contributed by atoms with Crippen LogP contribution >= 0.6 is 0 Å². The maximum Gasteiger partial charge on any atom is 0.220 e. The van der Waals surface area contributed by atoms with Crippen LogP contribution in [0.2, 0.25) is 0 Å². The minimum Gasteiger partial charge on any atom is -0.356 e. The quantitative estimate of drug-likeness (QED) is 0.768. The summed E-state index contributed by atoms with van der Waals surface area (Å²) < 4.78 is 0. The summed E-state index contributed by atoms with van der Waals surface area (Å²) in [7, 11) is 0. The highest BCUT2D eigenvalue weighted by atomic mass is 16.1. The van der Waals surface area contributed by atoms with Gasteiger partial charge in [-0.3, -0.25) is 9.69 Å². The summed E-state index contributed by atoms with van der Waals surface area (Å²) in [6.07, 6.45) is 9.57. The molecule has 1 heterocycles. The lowest BCUT2D eigenvalue weighted by atomic mass is 9.79. The highest BCUT2D eigenvalue weighted by Gasteiger charge is 2.23. The summed E-state index contributed by atoms with van der Waals surface area (Å²) in [5, 5.41) is 11.8. The van der Waals surface area contributed by atoms with E-state index in [4.69, 9.17) is 5.26 Å². The molecule has 0 aromatic rings. The first-order chi connectivity index (χ1) is 10.7. The Kier molecular flexibility index (Phi) is 7.18. The van der Waals surface area contributed by atoms with Gasteiger partial charge in [0, 0.05) is 13.0 Å². The molecule has 2 fully saturated rings. The lowest BCUT2D eigenvalue weighted by molar-refractivity contribution is -0.122. The summed E-state index contributed by atoms with van der Waals surface area (Å²) >= 11 is 0. The van der Waals surface area contributed by atoms with E-state index in [0.717, 1.165) is 38.4 Å². The fourth-order valence-electron chi connectivity index (χ4n) is 3.94. The third-order valence-corrected chi connectivity index (χ3v) is 5.55. The molecule has 1 saturated heterocycles. The van der Waals surface area contributed by atoms with Crippen LogP contribution in [0.1, 0.15) is 58.3 Å². The van der Waals surface area contributed by atoms with Crippen molar-refractivity contribution in [2.24, 2.45) is 17.8 Å². The molecular weight excluding hydrogens is 274 g/mol. The molecule has 1 aliphatic carbocycles. The highest BCUT2D eigenvalue weighted by molar-refractivity contribution is 5.76. The molecule has 1 N–H and O–H groups in total. The Hall–Kier alpha value is -1.08. The Bertz CT molecular complexity index is 376. The number of amides is 1. The van der Waals surface area contributed by atoms with Crippen LogP contribution in [0.5, 0.6) is 0 Å². The molecule has 0 radical (unpaired) electrons. The highest BCUT2D eigenvalue weighted by Crippen LogP contribution is 2.31. The first-order valence-electron chi connectivity index (χ1n) is 9.05. The molecule has 0 bridgehead atoms. The zero-order valence-corrected chi connectivity index (χ0v) is 14.0. The number of rotatable bonds is 6. The van der Waals surface area contributed by atoms with Crippen LogP contribution in [0.4, 0.5) is 0 Å². The predicted molar refractivity (Wildman–Crippen MR) is 88.1 cm³/mol. The van der Waals surface area contributed by atoms with Gasteiger partial charge >= 0.3 is 0 Å². The van der Waals surface area contributed by atoms with Crippen molar-refractivity contribution in [3.8, 4) is 6.07 Å². The molecule has 124 valence electrons. The standard InChI is InChI=1S/C18H31N3O/c1-15(17-5-3-2-4-6-17)13-18(22)20-14-16-7-10-21(11-8-16)12-9-19/h15-17H,2-8,10-14H2,1H3,(H,20,22)/t15-/m0/s1. The molecule has 1 amide bonds. The molecule has 2 aliphatic rings. The Balaban J connectivity index is 1.60. The van der Waals surface area contributed by atoms with E-state index in [2.05, 4.69) is 23.2 Å². The van der Waals surface area contributed by atoms with Crippen LogP contribution in [0.15, 0.2) is 0 Å². The second kappa shape index (κ2) is 9.15. The Labute approximate surface area is 135 Å². The van der Waals surface area contributed by atoms with Gasteiger partial charge in [0.2, 0.25) is 5.91 Å². The molecule has 4 nitrogen and oxygen atoms in total. The Morgan fingerprint density at radius 1 is 1.23 bits per heavy atom. The monoisotopic (exact) mass is 305 g/mol. The van der Waals surface area contributed by atoms with Gasteiger partial charge in [0.15, 0.2) is 0 Å². The van der Waals surface area contributed by atoms with Crippen molar-refractivity contribution >= 4 is 5.91 Å². The van der Waals surface area contributed by atoms with Gasteiger partial charge in [-0.05, 0) is 43.7 Å². The summed E-state index contributed by atoms with van der Waals surface area (Å²) in [4.78, 5) is 14.3. The van der Waals surface area contributed by atoms with Gasteiger partial charge in [-0.25, -0.2) is 0 Å². The van der Waals surface area contributed by atoms with Crippen molar-refractivity contribution in [1.82, 2.24) is 10.2 Å². The number of carbonyl (C=O) groups is 1. The second-order valence-electron chi connectivity index (χ2n) is 7.26. The minimum atomic E-state index is 0.234. The topological polar surface area (TPSA) is 56.1 Å². The van der Waals surface area contributed by atoms with E-state index in [1.54, 1.807) is 0 Å². The molecule has 1 saturated carbocycles. The number of nitriles is 1. The van der Waals surface area contributed by atoms with Gasteiger partial charge in [0.05, 0.1) is 12.6 Å². The zero-order valence-electron chi connectivity index (χ0n) is 14.0. The van der Waals surface area contributed by atoms with Crippen LogP contribution < -0.4 is 5.32 Å². The van der Waals surface area contributed by atoms with Crippen LogP contribution in [0.25, 0.3) is 0 Å². The molecule has 1 aliphatic heterocycles. The van der Waals surface area contributed by atoms with Gasteiger partial charge in [0.1, 0.15) is 0 Å². The molecule has 0 unspecified atom stereocenters. The van der Waals surface area contributed by atoms with Crippen molar-refractivity contribution in [3.05, 3.63) is 0 Å². The molecule has 1 atom stereocenters. The summed E-state index contributed by atoms with van der Waals surface area (Å²) in [6, 6.07) is 2.21. The molecule has 0 spiro atoms. The number of nitrogens with one attached hydrogen (secondary N) is 1. The van der Waals surface area contributed by atoms with E-state index in [0.29, 0.717) is 24.8 Å². The minimum absolute atomic E-state index is 0.234. The largest absolute Gasteiger partial charge is 0.356 e. The normalized spacial score (nSPS) is 22.9. The maximum absolute atomic E-state index is 12.1. The van der Waals surface area contributed by atoms with Gasteiger partial charge in [0.25, 0.3) is 0 Å². The van der Waals surface area contributed by atoms with E-state index in [-0.39, 0.29) is 5.91 Å². The van der Waals surface area contributed by atoms with E-state index >= 15 is 0 Å². The van der Waals surface area contributed by atoms with Crippen LogP contribution in [0, 0.1) is 29.1 Å². The maximum atomic E-state index is 12.1. The third-order valence-electron chi connectivity index (χ3n) is 5.55. The summed E-state index contributed by atoms with van der Waals surface area (Å²) in [5.74, 6) is 2.10. The van der Waals surface area contributed by atoms with Crippen molar-refractivity contribution in [2.75, 3.05) is 26.2 Å². The summed E-state index contributed by atoms with van der Waals surface area (Å²) in [5.41, 5.74) is 0. The average molecular weight is 305 g/mol. The number of likely N-dealkylation sites (tertiary alicyclic amines) is 1. The number of hydrogen-bond donors (Lipinski definition) is 1. The zero-order chi connectivity index (χ0) is 15.8. The van der Waals surface area contributed by atoms with E-state index < -0.39 is 0 Å². The van der Waals surface area contributed by atoms with Crippen LogP contribution in [-0.4, -0.2) is 37.0 Å². The fraction of sp³-hybridized carbons (Fsp3) is 0.889. The second-order valence-corrected chi connectivity index (χ2v) is 7.26. The predicted octanol–water partition coefficient (Wildman–Crippen LogP) is 2.94. The molecular formula is C18H31N3O. The van der Waals surface area contributed by atoms with Crippen LogP contribution in [0.3, 0.4) is 0 Å². The molecule has 0 aromatic heterocycles. The van der Waals surface area contributed by atoms with Gasteiger partial charge < -0.3 is 5.32 Å². The van der Waals surface area contributed by atoms with Gasteiger partial charge in [-0.1, -0.05) is 39.0 Å². The third kappa shape index (κ3) is 5.61. The molecule has 2 rings (SSSR count). The average Bonchev–Trinajstić information content (AvgIpc) is 2.55. The van der Waals surface area contributed by atoms with Crippen molar-refractivity contribution in [2.45, 2.75) is 58.3 Å². The van der Waals surface area contributed by atoms with Gasteiger partial charge in [-0.2, -0.15) is 5.26 Å². The van der Waals surface area contributed by atoms with Gasteiger partial charge in [-0.15, -0.1) is 0 Å². The van der Waals surface area contributed by atoms with Crippen LogP contribution in [-0.2, 0) is 4.79 Å². The summed E-state index contributed by atoms with van der Waals surface area (Å²) in [6.45, 7) is 5.59. The Morgan fingerprint density at radius 3 is 2.55 bits per heavy atom. The lowest BCUT2D eigenvalue weighted by Gasteiger charge is -2.30. The van der Waals surface area contributed by atoms with Crippen molar-refractivity contribution < 1.29 is 4.79 Å². The van der Waals surface area contributed by atoms with E-state index in [1.807, 2.05) is 0 Å². The number of piperidine rings is 1. The molecule has 22 heavy (non-hydrogen) atoms. The molecule has 4 heteroatoms. The van der Waals surface area contributed by atoms with Crippen molar-refractivity contribution in [3.63, 3.8) is 0 Å². The number of carbonyl (C=O) groups excluding carboxylic acids is 1. The lowest BCUT2D eigenvalue weighted by Crippen LogP contribution is -2.39. The number of hydrogen-bond acceptors (Lipinski definition) is 3. The van der Waals surface area contributed by atoms with Crippen molar-refractivity contribution in [1.29, 1.82) is 5.26 Å². The smallest absolute Gasteiger partial charge is 0.220 e. The first-order valence-corrected chi connectivity index (χ1v) is 9.05. The SMILES string of the molecule is C[C@@H](CC(=O)NCC1CCN(CC#N)CC1)C1CCCCC1. The molecule has 0 aromatic carbocycles. The fourth-order valence-corrected chi connectivity index (χ4v) is 3.94.